The summed E-state index contributed by atoms with van der Waals surface area (Å²) in [6, 6.07) is 40.6. The topological polar surface area (TPSA) is 136 Å². The van der Waals surface area contributed by atoms with Crippen molar-refractivity contribution in [1.29, 1.82) is 0 Å². The quantitative estimate of drug-likeness (QED) is 0.0771. The molecule has 0 radical (unpaired) electrons. The zero-order valence-electron chi connectivity index (χ0n) is 29.5. The highest BCUT2D eigenvalue weighted by atomic mass is 32.2. The number of para-hydroxylation sites is 1. The van der Waals surface area contributed by atoms with E-state index in [9.17, 15) is 13.2 Å². The Morgan fingerprint density at radius 3 is 2.17 bits per heavy atom. The number of rotatable bonds is 17. The Morgan fingerprint density at radius 1 is 0.830 bits per heavy atom. The maximum absolute atomic E-state index is 14.6. The molecule has 11 heteroatoms. The van der Waals surface area contributed by atoms with Crippen LogP contribution in [-0.2, 0) is 25.8 Å². The molecule has 0 bridgehead atoms. The average molecular weight is 734 g/mol. The van der Waals surface area contributed by atoms with E-state index in [1.807, 2.05) is 78.9 Å². The molecule has 2 atom stereocenters. The van der Waals surface area contributed by atoms with Crippen LogP contribution < -0.4 is 20.3 Å². The van der Waals surface area contributed by atoms with E-state index in [1.54, 1.807) is 61.7 Å². The minimum absolute atomic E-state index is 0.0237. The second-order valence-electron chi connectivity index (χ2n) is 12.6. The summed E-state index contributed by atoms with van der Waals surface area (Å²) in [6.45, 7) is 0.754. The summed E-state index contributed by atoms with van der Waals surface area (Å²) in [4.78, 5) is 19.7. The van der Waals surface area contributed by atoms with Gasteiger partial charge >= 0.3 is 0 Å². The normalized spacial score (nSPS) is 16.7. The summed E-state index contributed by atoms with van der Waals surface area (Å²) in [7, 11) is -2.20. The van der Waals surface area contributed by atoms with Gasteiger partial charge in [0.05, 0.1) is 24.4 Å². The lowest BCUT2D eigenvalue weighted by Crippen LogP contribution is -2.53. The molecule has 0 aliphatic carbocycles. The number of carbonyl (C=O) groups excluding carboxylic acids is 1. The van der Waals surface area contributed by atoms with Crippen LogP contribution in [0, 0.1) is 0 Å². The van der Waals surface area contributed by atoms with Crippen molar-refractivity contribution in [3.63, 3.8) is 0 Å². The Hall–Kier alpha value is -5.49. The van der Waals surface area contributed by atoms with E-state index in [0.29, 0.717) is 42.9 Å². The second-order valence-corrected chi connectivity index (χ2v) is 14.7. The SMILES string of the molecule is COc1ccccc1CCNNC(=O)[C@@]1(CCS(=O)(=O)c2ccccc2)N=C(c2ccc(OCCCO)cc2)O[C@H]1c1ccc(-c2ccccc2)cc1. The van der Waals surface area contributed by atoms with Gasteiger partial charge in [-0.3, -0.25) is 10.2 Å². The molecular weight excluding hydrogens is 691 g/mol. The highest BCUT2D eigenvalue weighted by molar-refractivity contribution is 7.91. The van der Waals surface area contributed by atoms with Crippen LogP contribution in [0.5, 0.6) is 11.5 Å². The van der Waals surface area contributed by atoms with Crippen molar-refractivity contribution in [2.45, 2.75) is 35.8 Å². The number of carbonyl (C=O) groups is 1. The van der Waals surface area contributed by atoms with Crippen LogP contribution in [-0.4, -0.2) is 63.5 Å². The van der Waals surface area contributed by atoms with E-state index >= 15 is 0 Å². The average Bonchev–Trinajstić information content (AvgIpc) is 3.61. The fourth-order valence-electron chi connectivity index (χ4n) is 6.24. The number of sulfone groups is 1. The molecule has 5 aromatic rings. The number of nitrogens with zero attached hydrogens (tertiary/aromatic N) is 1. The molecule has 0 fully saturated rings. The lowest BCUT2D eigenvalue weighted by atomic mass is 9.84. The number of hydrazine groups is 1. The van der Waals surface area contributed by atoms with Gasteiger partial charge in [0.1, 0.15) is 11.5 Å². The highest BCUT2D eigenvalue weighted by Gasteiger charge is 2.53. The van der Waals surface area contributed by atoms with Gasteiger partial charge in [-0.25, -0.2) is 18.8 Å². The van der Waals surface area contributed by atoms with Crippen molar-refractivity contribution in [2.24, 2.45) is 4.99 Å². The molecule has 0 unspecified atom stereocenters. The van der Waals surface area contributed by atoms with Crippen molar-refractivity contribution < 1.29 is 32.5 Å². The summed E-state index contributed by atoms with van der Waals surface area (Å²) in [5.74, 6) is 0.654. The number of ether oxygens (including phenoxy) is 3. The van der Waals surface area contributed by atoms with Crippen LogP contribution in [0.1, 0.15) is 35.6 Å². The van der Waals surface area contributed by atoms with Gasteiger partial charge < -0.3 is 19.3 Å². The third kappa shape index (κ3) is 8.94. The molecule has 1 aliphatic rings. The van der Waals surface area contributed by atoms with Crippen LogP contribution in [0.15, 0.2) is 143 Å². The van der Waals surface area contributed by atoms with Gasteiger partial charge in [-0.05, 0) is 71.1 Å². The largest absolute Gasteiger partial charge is 0.496 e. The molecule has 0 saturated heterocycles. The van der Waals surface area contributed by atoms with E-state index in [1.165, 1.54) is 0 Å². The first-order chi connectivity index (χ1) is 25.8. The zero-order valence-corrected chi connectivity index (χ0v) is 30.3. The number of aliphatic hydroxyl groups is 1. The lowest BCUT2D eigenvalue weighted by molar-refractivity contribution is -0.130. The Labute approximate surface area is 310 Å². The molecule has 10 nitrogen and oxygen atoms in total. The van der Waals surface area contributed by atoms with Crippen LogP contribution in [0.25, 0.3) is 11.1 Å². The van der Waals surface area contributed by atoms with Crippen molar-refractivity contribution in [2.75, 3.05) is 32.6 Å². The number of aliphatic hydroxyl groups excluding tert-OH is 1. The summed E-state index contributed by atoms with van der Waals surface area (Å²) in [6.07, 6.45) is -0.0771. The van der Waals surface area contributed by atoms with Gasteiger partial charge in [-0.15, -0.1) is 0 Å². The van der Waals surface area contributed by atoms with Gasteiger partial charge in [-0.2, -0.15) is 0 Å². The number of hydrogen-bond acceptors (Lipinski definition) is 9. The first-order valence-electron chi connectivity index (χ1n) is 17.5. The Kier molecular flexibility index (Phi) is 12.2. The molecule has 1 heterocycles. The van der Waals surface area contributed by atoms with Crippen LogP contribution >= 0.6 is 0 Å². The number of amides is 1. The zero-order chi connectivity index (χ0) is 37.1. The molecule has 1 aliphatic heterocycles. The summed E-state index contributed by atoms with van der Waals surface area (Å²) < 4.78 is 45.2. The third-order valence-electron chi connectivity index (χ3n) is 9.12. The van der Waals surface area contributed by atoms with Crippen LogP contribution in [0.2, 0.25) is 0 Å². The predicted octanol–water partition coefficient (Wildman–Crippen LogP) is 6.11. The van der Waals surface area contributed by atoms with E-state index in [0.717, 1.165) is 22.4 Å². The van der Waals surface area contributed by atoms with Gasteiger partial charge in [-0.1, -0.05) is 91.0 Å². The van der Waals surface area contributed by atoms with Crippen molar-refractivity contribution in [3.8, 4) is 22.6 Å². The molecule has 0 spiro atoms. The summed E-state index contributed by atoms with van der Waals surface area (Å²) in [5.41, 5.74) is 8.43. The third-order valence-corrected chi connectivity index (χ3v) is 10.9. The van der Waals surface area contributed by atoms with Crippen LogP contribution in [0.4, 0.5) is 0 Å². The van der Waals surface area contributed by atoms with Crippen molar-refractivity contribution >= 4 is 21.6 Å². The molecule has 6 rings (SSSR count). The molecule has 0 saturated carbocycles. The molecule has 3 N–H and O–H groups in total. The monoisotopic (exact) mass is 733 g/mol. The fraction of sp³-hybridized carbons (Fsp3) is 0.238. The smallest absolute Gasteiger partial charge is 0.266 e. The standard InChI is InChI=1S/C42H43N3O7S/c1-50-38-16-9-8-13-33(38)25-27-43-45-41(47)42(26-30-53(48,49)37-14-6-3-7-15-37)39(34-19-17-32(18-20-34)31-11-4-2-5-12-31)52-40(44-42)35-21-23-36(24-22-35)51-29-10-28-46/h2-9,11-24,39,43,46H,10,25-30H2,1H3,(H,45,47)/t39-,42-/m0/s1. The maximum Gasteiger partial charge on any atom is 0.266 e. The van der Waals surface area contributed by atoms with E-state index in [2.05, 4.69) is 10.9 Å². The number of hydrogen-bond donors (Lipinski definition) is 3. The number of aliphatic imine (C=N–C) groups is 1. The molecule has 0 aromatic heterocycles. The second kappa shape index (κ2) is 17.4. The van der Waals surface area contributed by atoms with E-state index in [-0.39, 0.29) is 29.6 Å². The minimum atomic E-state index is -3.81. The summed E-state index contributed by atoms with van der Waals surface area (Å²) >= 11 is 0. The first-order valence-corrected chi connectivity index (χ1v) is 19.2. The van der Waals surface area contributed by atoms with Gasteiger partial charge in [0.2, 0.25) is 5.90 Å². The fourth-order valence-corrected chi connectivity index (χ4v) is 7.63. The van der Waals surface area contributed by atoms with Gasteiger partial charge in [0.15, 0.2) is 21.5 Å². The van der Waals surface area contributed by atoms with Gasteiger partial charge in [0.25, 0.3) is 5.91 Å². The molecular formula is C42H43N3O7S. The predicted molar refractivity (Wildman–Crippen MR) is 205 cm³/mol. The Balaban J connectivity index is 1.35. The van der Waals surface area contributed by atoms with E-state index < -0.39 is 27.4 Å². The highest BCUT2D eigenvalue weighted by Crippen LogP contribution is 2.43. The minimum Gasteiger partial charge on any atom is -0.496 e. The van der Waals surface area contributed by atoms with Crippen LogP contribution in [0.3, 0.4) is 0 Å². The maximum atomic E-state index is 14.6. The molecule has 1 amide bonds. The lowest BCUT2D eigenvalue weighted by Gasteiger charge is -2.30. The number of benzene rings is 5. The molecule has 53 heavy (non-hydrogen) atoms. The number of methoxy groups -OCH3 is 1. The first kappa shape index (κ1) is 37.3. The Morgan fingerprint density at radius 2 is 1.47 bits per heavy atom. The van der Waals surface area contributed by atoms with Gasteiger partial charge in [0, 0.05) is 31.6 Å². The molecule has 5 aromatic carbocycles. The van der Waals surface area contributed by atoms with Crippen molar-refractivity contribution in [1.82, 2.24) is 10.9 Å². The summed E-state index contributed by atoms with van der Waals surface area (Å²) in [5, 5.41) is 9.13. The molecule has 274 valence electrons. The van der Waals surface area contributed by atoms with E-state index in [4.69, 9.17) is 24.3 Å². The van der Waals surface area contributed by atoms with Crippen molar-refractivity contribution in [3.05, 3.63) is 150 Å². The number of nitrogens with one attached hydrogen (secondary N) is 2. The Bertz CT molecular complexity index is 2090.